The highest BCUT2D eigenvalue weighted by Crippen LogP contribution is 2.17. The summed E-state index contributed by atoms with van der Waals surface area (Å²) in [5.74, 6) is 5.61. The molecule has 2 aromatic heterocycles. The SMILES string of the molecule is CCN(Cc1ccccn1)Cc1cc(C#CCO)cs1. The third-order valence-corrected chi connectivity index (χ3v) is 3.83. The Labute approximate surface area is 123 Å². The topological polar surface area (TPSA) is 36.4 Å². The van der Waals surface area contributed by atoms with Gasteiger partial charge in [-0.3, -0.25) is 9.88 Å². The Morgan fingerprint density at radius 2 is 2.25 bits per heavy atom. The van der Waals surface area contributed by atoms with Crippen molar-refractivity contribution in [3.63, 3.8) is 0 Å². The van der Waals surface area contributed by atoms with Crippen molar-refractivity contribution in [1.29, 1.82) is 0 Å². The van der Waals surface area contributed by atoms with Crippen molar-refractivity contribution in [1.82, 2.24) is 9.88 Å². The Morgan fingerprint density at radius 1 is 1.35 bits per heavy atom. The lowest BCUT2D eigenvalue weighted by Crippen LogP contribution is -2.22. The average Bonchev–Trinajstić information content (AvgIpc) is 2.93. The highest BCUT2D eigenvalue weighted by molar-refractivity contribution is 7.10. The van der Waals surface area contributed by atoms with Crippen LogP contribution in [-0.4, -0.2) is 28.1 Å². The molecule has 20 heavy (non-hydrogen) atoms. The van der Waals surface area contributed by atoms with Gasteiger partial charge in [-0.05, 0) is 24.7 Å². The van der Waals surface area contributed by atoms with E-state index in [1.54, 1.807) is 11.3 Å². The van der Waals surface area contributed by atoms with Gasteiger partial charge in [0.2, 0.25) is 0 Å². The fourth-order valence-corrected chi connectivity index (χ4v) is 2.75. The molecule has 4 heteroatoms. The van der Waals surface area contributed by atoms with Crippen molar-refractivity contribution >= 4 is 11.3 Å². The number of aliphatic hydroxyl groups excluding tert-OH is 1. The summed E-state index contributed by atoms with van der Waals surface area (Å²) in [5.41, 5.74) is 2.07. The molecule has 0 atom stereocenters. The molecule has 0 radical (unpaired) electrons. The third-order valence-electron chi connectivity index (χ3n) is 2.90. The number of aromatic nitrogens is 1. The minimum absolute atomic E-state index is 0.0913. The first-order valence-electron chi connectivity index (χ1n) is 6.61. The van der Waals surface area contributed by atoms with Crippen molar-refractivity contribution in [2.24, 2.45) is 0 Å². The molecular weight excluding hydrogens is 268 g/mol. The predicted molar refractivity (Wildman–Crippen MR) is 82.3 cm³/mol. The molecule has 2 heterocycles. The highest BCUT2D eigenvalue weighted by Gasteiger charge is 2.07. The number of hydrogen-bond acceptors (Lipinski definition) is 4. The lowest BCUT2D eigenvalue weighted by molar-refractivity contribution is 0.270. The summed E-state index contributed by atoms with van der Waals surface area (Å²) in [6.07, 6.45) is 1.83. The fourth-order valence-electron chi connectivity index (χ4n) is 1.89. The summed E-state index contributed by atoms with van der Waals surface area (Å²) in [4.78, 5) is 7.99. The standard InChI is InChI=1S/C16H18N2OS/c1-2-18(11-15-7-3-4-8-17-15)12-16-10-14(13-20-16)6-5-9-19/h3-4,7-8,10,13,19H,2,9,11-12H2,1H3. The average molecular weight is 286 g/mol. The second kappa shape index (κ2) is 7.81. The number of pyridine rings is 1. The lowest BCUT2D eigenvalue weighted by Gasteiger charge is -2.18. The van der Waals surface area contributed by atoms with Gasteiger partial charge in [0, 0.05) is 35.1 Å². The second-order valence-corrected chi connectivity index (χ2v) is 5.38. The lowest BCUT2D eigenvalue weighted by atomic mass is 10.3. The molecular formula is C16H18N2OS. The van der Waals surface area contributed by atoms with Crippen LogP contribution in [0.2, 0.25) is 0 Å². The minimum atomic E-state index is -0.0913. The number of nitrogens with zero attached hydrogens (tertiary/aromatic N) is 2. The van der Waals surface area contributed by atoms with E-state index in [1.165, 1.54) is 4.88 Å². The van der Waals surface area contributed by atoms with Crippen LogP contribution in [0.4, 0.5) is 0 Å². The van der Waals surface area contributed by atoms with E-state index in [1.807, 2.05) is 23.7 Å². The van der Waals surface area contributed by atoms with Crippen LogP contribution in [0.3, 0.4) is 0 Å². The van der Waals surface area contributed by atoms with Crippen LogP contribution in [0.1, 0.15) is 23.1 Å². The van der Waals surface area contributed by atoms with E-state index in [-0.39, 0.29) is 6.61 Å². The Balaban J connectivity index is 1.97. The number of thiophene rings is 1. The van der Waals surface area contributed by atoms with Gasteiger partial charge >= 0.3 is 0 Å². The number of rotatable bonds is 5. The van der Waals surface area contributed by atoms with Crippen LogP contribution >= 0.6 is 11.3 Å². The molecule has 0 bridgehead atoms. The molecule has 0 spiro atoms. The van der Waals surface area contributed by atoms with Crippen molar-refractivity contribution < 1.29 is 5.11 Å². The monoisotopic (exact) mass is 286 g/mol. The molecule has 0 aliphatic heterocycles. The Bertz CT molecular complexity index is 583. The summed E-state index contributed by atoms with van der Waals surface area (Å²) in [7, 11) is 0. The van der Waals surface area contributed by atoms with Crippen molar-refractivity contribution in [2.45, 2.75) is 20.0 Å². The molecule has 2 rings (SSSR count). The third kappa shape index (κ3) is 4.46. The molecule has 0 aliphatic rings. The van der Waals surface area contributed by atoms with Crippen LogP contribution in [0.5, 0.6) is 0 Å². The summed E-state index contributed by atoms with van der Waals surface area (Å²) in [5, 5.41) is 10.7. The van der Waals surface area contributed by atoms with Crippen LogP contribution in [0.15, 0.2) is 35.8 Å². The number of hydrogen-bond donors (Lipinski definition) is 1. The molecule has 0 aliphatic carbocycles. The maximum atomic E-state index is 8.70. The van der Waals surface area contributed by atoms with E-state index < -0.39 is 0 Å². The fraction of sp³-hybridized carbons (Fsp3) is 0.312. The predicted octanol–water partition coefficient (Wildman–Crippen LogP) is 2.51. The zero-order chi connectivity index (χ0) is 14.2. The molecule has 1 N–H and O–H groups in total. The molecule has 2 aromatic rings. The van der Waals surface area contributed by atoms with E-state index in [0.29, 0.717) is 0 Å². The van der Waals surface area contributed by atoms with Gasteiger partial charge < -0.3 is 5.11 Å². The molecule has 0 saturated heterocycles. The summed E-state index contributed by atoms with van der Waals surface area (Å²) in [6.45, 7) is 4.80. The first kappa shape index (κ1) is 14.7. The van der Waals surface area contributed by atoms with Gasteiger partial charge in [-0.15, -0.1) is 11.3 Å². The largest absolute Gasteiger partial charge is 0.384 e. The number of aliphatic hydroxyl groups is 1. The van der Waals surface area contributed by atoms with Crippen LogP contribution < -0.4 is 0 Å². The van der Waals surface area contributed by atoms with Gasteiger partial charge in [-0.2, -0.15) is 0 Å². The Morgan fingerprint density at radius 3 is 2.95 bits per heavy atom. The van der Waals surface area contributed by atoms with E-state index >= 15 is 0 Å². The zero-order valence-corrected chi connectivity index (χ0v) is 12.4. The Kier molecular flexibility index (Phi) is 5.75. The van der Waals surface area contributed by atoms with Gasteiger partial charge in [-0.25, -0.2) is 0 Å². The molecule has 0 aromatic carbocycles. The first-order chi connectivity index (χ1) is 9.81. The molecule has 3 nitrogen and oxygen atoms in total. The normalized spacial score (nSPS) is 10.3. The first-order valence-corrected chi connectivity index (χ1v) is 7.49. The summed E-state index contributed by atoms with van der Waals surface area (Å²) in [6, 6.07) is 8.10. The minimum Gasteiger partial charge on any atom is -0.384 e. The van der Waals surface area contributed by atoms with Gasteiger partial charge in [-0.1, -0.05) is 24.8 Å². The van der Waals surface area contributed by atoms with Crippen LogP contribution in [-0.2, 0) is 13.1 Å². The molecule has 0 unspecified atom stereocenters. The molecule has 0 amide bonds. The van der Waals surface area contributed by atoms with E-state index in [0.717, 1.165) is 30.9 Å². The summed E-state index contributed by atoms with van der Waals surface area (Å²) >= 11 is 1.71. The van der Waals surface area contributed by atoms with E-state index in [9.17, 15) is 0 Å². The van der Waals surface area contributed by atoms with E-state index in [4.69, 9.17) is 5.11 Å². The van der Waals surface area contributed by atoms with Crippen molar-refractivity contribution in [3.05, 3.63) is 52.0 Å². The molecule has 104 valence electrons. The highest BCUT2D eigenvalue weighted by atomic mass is 32.1. The van der Waals surface area contributed by atoms with Gasteiger partial charge in [0.05, 0.1) is 5.69 Å². The van der Waals surface area contributed by atoms with E-state index in [2.05, 4.69) is 40.8 Å². The second-order valence-electron chi connectivity index (χ2n) is 4.39. The van der Waals surface area contributed by atoms with Gasteiger partial charge in [0.15, 0.2) is 0 Å². The van der Waals surface area contributed by atoms with Crippen LogP contribution in [0, 0.1) is 11.8 Å². The molecule has 0 fully saturated rings. The Hall–Kier alpha value is -1.67. The molecule has 0 saturated carbocycles. The van der Waals surface area contributed by atoms with Gasteiger partial charge in [0.1, 0.15) is 6.61 Å². The maximum absolute atomic E-state index is 8.70. The summed E-state index contributed by atoms with van der Waals surface area (Å²) < 4.78 is 0. The quantitative estimate of drug-likeness (QED) is 0.858. The van der Waals surface area contributed by atoms with Gasteiger partial charge in [0.25, 0.3) is 0 Å². The van der Waals surface area contributed by atoms with Crippen molar-refractivity contribution in [3.8, 4) is 11.8 Å². The van der Waals surface area contributed by atoms with Crippen LogP contribution in [0.25, 0.3) is 0 Å². The smallest absolute Gasteiger partial charge is 0.104 e. The zero-order valence-electron chi connectivity index (χ0n) is 11.5. The van der Waals surface area contributed by atoms with Crippen molar-refractivity contribution in [2.75, 3.05) is 13.2 Å². The maximum Gasteiger partial charge on any atom is 0.104 e.